The molecule has 80 valence electrons. The SMILES string of the molecule is CON(C)C(=O)[C@H]1O[C@H]1c1ccccc1. The standard InChI is InChI=1S/C11H13NO3/c1-12(14-2)11(13)10-9(15-10)8-6-4-3-5-7-8/h3-7,9-10H,1-2H3/t9-,10-/m0/s1. The van der Waals surface area contributed by atoms with Crippen LogP contribution in [0.15, 0.2) is 30.3 Å². The predicted molar refractivity (Wildman–Crippen MR) is 53.8 cm³/mol. The van der Waals surface area contributed by atoms with E-state index in [1.807, 2.05) is 30.3 Å². The van der Waals surface area contributed by atoms with E-state index < -0.39 is 6.10 Å². The van der Waals surface area contributed by atoms with Gasteiger partial charge in [-0.25, -0.2) is 5.06 Å². The van der Waals surface area contributed by atoms with Gasteiger partial charge in [-0.15, -0.1) is 0 Å². The van der Waals surface area contributed by atoms with Crippen LogP contribution in [0, 0.1) is 0 Å². The molecule has 2 atom stereocenters. The number of rotatable bonds is 3. The number of benzene rings is 1. The van der Waals surface area contributed by atoms with Crippen molar-refractivity contribution in [2.45, 2.75) is 12.2 Å². The highest BCUT2D eigenvalue weighted by Gasteiger charge is 2.47. The number of carbonyl (C=O) groups is 1. The molecule has 15 heavy (non-hydrogen) atoms. The molecular formula is C11H13NO3. The van der Waals surface area contributed by atoms with Gasteiger partial charge < -0.3 is 4.74 Å². The molecule has 1 aliphatic heterocycles. The predicted octanol–water partition coefficient (Wildman–Crippen LogP) is 1.15. The molecule has 0 spiro atoms. The number of nitrogens with zero attached hydrogens (tertiary/aromatic N) is 1. The third-order valence-electron chi connectivity index (χ3n) is 2.45. The summed E-state index contributed by atoms with van der Waals surface area (Å²) in [6.45, 7) is 0. The lowest BCUT2D eigenvalue weighted by Crippen LogP contribution is -2.29. The molecule has 2 rings (SSSR count). The molecule has 0 saturated carbocycles. The first-order chi connectivity index (χ1) is 7.24. The summed E-state index contributed by atoms with van der Waals surface area (Å²) in [5, 5.41) is 1.19. The van der Waals surface area contributed by atoms with Crippen LogP contribution in [0.25, 0.3) is 0 Å². The molecule has 1 aromatic carbocycles. The quantitative estimate of drug-likeness (QED) is 0.551. The fraction of sp³-hybridized carbons (Fsp3) is 0.364. The maximum absolute atomic E-state index is 11.6. The maximum Gasteiger partial charge on any atom is 0.278 e. The lowest BCUT2D eigenvalue weighted by Gasteiger charge is -2.11. The van der Waals surface area contributed by atoms with E-state index in [-0.39, 0.29) is 12.0 Å². The molecular weight excluding hydrogens is 194 g/mol. The van der Waals surface area contributed by atoms with Crippen molar-refractivity contribution in [2.24, 2.45) is 0 Å². The van der Waals surface area contributed by atoms with Gasteiger partial charge in [0.15, 0.2) is 6.10 Å². The summed E-state index contributed by atoms with van der Waals surface area (Å²) in [4.78, 5) is 16.4. The summed E-state index contributed by atoms with van der Waals surface area (Å²) < 4.78 is 5.32. The van der Waals surface area contributed by atoms with Crippen LogP contribution < -0.4 is 0 Å². The van der Waals surface area contributed by atoms with Crippen LogP contribution in [0.1, 0.15) is 11.7 Å². The molecule has 1 amide bonds. The maximum atomic E-state index is 11.6. The third kappa shape index (κ3) is 2.00. The first kappa shape index (κ1) is 10.1. The van der Waals surface area contributed by atoms with E-state index in [0.717, 1.165) is 5.56 Å². The van der Waals surface area contributed by atoms with Crippen molar-refractivity contribution >= 4 is 5.91 Å². The number of ether oxygens (including phenoxy) is 1. The van der Waals surface area contributed by atoms with E-state index in [9.17, 15) is 4.79 Å². The first-order valence-corrected chi connectivity index (χ1v) is 4.76. The van der Waals surface area contributed by atoms with Gasteiger partial charge in [-0.1, -0.05) is 30.3 Å². The van der Waals surface area contributed by atoms with Crippen LogP contribution in [0.3, 0.4) is 0 Å². The summed E-state index contributed by atoms with van der Waals surface area (Å²) in [7, 11) is 3.03. The molecule has 0 bridgehead atoms. The Morgan fingerprint density at radius 2 is 2.07 bits per heavy atom. The Labute approximate surface area is 88.4 Å². The molecule has 1 saturated heterocycles. The van der Waals surface area contributed by atoms with E-state index in [4.69, 9.17) is 9.57 Å². The lowest BCUT2D eigenvalue weighted by atomic mass is 10.1. The van der Waals surface area contributed by atoms with Crippen LogP contribution in [0.2, 0.25) is 0 Å². The largest absolute Gasteiger partial charge is 0.354 e. The van der Waals surface area contributed by atoms with E-state index in [1.54, 1.807) is 7.05 Å². The molecule has 4 nitrogen and oxygen atoms in total. The zero-order chi connectivity index (χ0) is 10.8. The Balaban J connectivity index is 2.00. The number of carbonyl (C=O) groups excluding carboxylic acids is 1. The normalized spacial score (nSPS) is 23.6. The second-order valence-corrected chi connectivity index (χ2v) is 3.41. The molecule has 0 unspecified atom stereocenters. The van der Waals surface area contributed by atoms with E-state index in [1.165, 1.54) is 12.2 Å². The highest BCUT2D eigenvalue weighted by atomic mass is 16.7. The van der Waals surface area contributed by atoms with Gasteiger partial charge in [-0.2, -0.15) is 0 Å². The number of hydroxylamine groups is 2. The van der Waals surface area contributed by atoms with Gasteiger partial charge in [-0.05, 0) is 5.56 Å². The highest BCUT2D eigenvalue weighted by Crippen LogP contribution is 2.39. The number of hydrogen-bond acceptors (Lipinski definition) is 3. The Hall–Kier alpha value is -1.39. The van der Waals surface area contributed by atoms with Crippen molar-refractivity contribution in [3.05, 3.63) is 35.9 Å². The number of likely N-dealkylation sites (N-methyl/N-ethyl adjacent to an activating group) is 1. The summed E-state index contributed by atoms with van der Waals surface area (Å²) in [6.07, 6.45) is -0.506. The van der Waals surface area contributed by atoms with Crippen molar-refractivity contribution < 1.29 is 14.4 Å². The minimum Gasteiger partial charge on any atom is -0.354 e. The van der Waals surface area contributed by atoms with Crippen molar-refractivity contribution in [1.82, 2.24) is 5.06 Å². The van der Waals surface area contributed by atoms with Crippen LogP contribution in [0.5, 0.6) is 0 Å². The van der Waals surface area contributed by atoms with E-state index in [0.29, 0.717) is 0 Å². The Bertz CT molecular complexity index is 352. The number of amides is 1. The minimum atomic E-state index is -0.391. The lowest BCUT2D eigenvalue weighted by molar-refractivity contribution is -0.170. The van der Waals surface area contributed by atoms with Crippen LogP contribution in [0.4, 0.5) is 0 Å². The molecule has 4 heteroatoms. The molecule has 0 N–H and O–H groups in total. The smallest absolute Gasteiger partial charge is 0.278 e. The summed E-state index contributed by atoms with van der Waals surface area (Å²) >= 11 is 0. The van der Waals surface area contributed by atoms with Gasteiger partial charge in [0.2, 0.25) is 0 Å². The summed E-state index contributed by atoms with van der Waals surface area (Å²) in [5.74, 6) is -0.147. The topological polar surface area (TPSA) is 42.1 Å². The number of hydrogen-bond donors (Lipinski definition) is 0. The first-order valence-electron chi connectivity index (χ1n) is 4.76. The van der Waals surface area contributed by atoms with Crippen molar-refractivity contribution in [3.8, 4) is 0 Å². The van der Waals surface area contributed by atoms with Crippen molar-refractivity contribution in [3.63, 3.8) is 0 Å². The van der Waals surface area contributed by atoms with E-state index >= 15 is 0 Å². The van der Waals surface area contributed by atoms with Gasteiger partial charge in [0.25, 0.3) is 5.91 Å². The molecule has 1 aromatic rings. The van der Waals surface area contributed by atoms with Gasteiger partial charge in [-0.3, -0.25) is 9.63 Å². The van der Waals surface area contributed by atoms with Gasteiger partial charge >= 0.3 is 0 Å². The zero-order valence-corrected chi connectivity index (χ0v) is 8.71. The Kier molecular flexibility index (Phi) is 2.70. The van der Waals surface area contributed by atoms with Crippen LogP contribution in [-0.2, 0) is 14.4 Å². The molecule has 1 heterocycles. The highest BCUT2D eigenvalue weighted by molar-refractivity contribution is 5.83. The third-order valence-corrected chi connectivity index (χ3v) is 2.45. The Morgan fingerprint density at radius 1 is 1.40 bits per heavy atom. The molecule has 1 aliphatic rings. The fourth-order valence-electron chi connectivity index (χ4n) is 1.47. The summed E-state index contributed by atoms with van der Waals surface area (Å²) in [5.41, 5.74) is 1.03. The van der Waals surface area contributed by atoms with Gasteiger partial charge in [0, 0.05) is 7.05 Å². The summed E-state index contributed by atoms with van der Waals surface area (Å²) in [6, 6.07) is 9.69. The molecule has 1 fully saturated rings. The van der Waals surface area contributed by atoms with Crippen molar-refractivity contribution in [2.75, 3.05) is 14.2 Å². The average Bonchev–Trinajstić information content (AvgIpc) is 3.08. The van der Waals surface area contributed by atoms with Crippen LogP contribution >= 0.6 is 0 Å². The van der Waals surface area contributed by atoms with Crippen molar-refractivity contribution in [1.29, 1.82) is 0 Å². The average molecular weight is 207 g/mol. The number of epoxide rings is 1. The second-order valence-electron chi connectivity index (χ2n) is 3.41. The van der Waals surface area contributed by atoms with Crippen LogP contribution in [-0.4, -0.2) is 31.2 Å². The zero-order valence-electron chi connectivity index (χ0n) is 8.71. The molecule has 0 radical (unpaired) electrons. The van der Waals surface area contributed by atoms with Gasteiger partial charge in [0.1, 0.15) is 6.10 Å². The van der Waals surface area contributed by atoms with E-state index in [2.05, 4.69) is 0 Å². The monoisotopic (exact) mass is 207 g/mol. The molecule has 0 aliphatic carbocycles. The second kappa shape index (κ2) is 4.00. The van der Waals surface area contributed by atoms with Gasteiger partial charge in [0.05, 0.1) is 7.11 Å². The molecule has 0 aromatic heterocycles. The fourth-order valence-corrected chi connectivity index (χ4v) is 1.47. The minimum absolute atomic E-state index is 0.115. The Morgan fingerprint density at radius 3 is 2.67 bits per heavy atom.